The Morgan fingerprint density at radius 1 is 0.967 bits per heavy atom. The van der Waals surface area contributed by atoms with Gasteiger partial charge in [0.15, 0.2) is 0 Å². The van der Waals surface area contributed by atoms with Gasteiger partial charge in [0.05, 0.1) is 23.5 Å². The first-order valence-corrected chi connectivity index (χ1v) is 10.5. The lowest BCUT2D eigenvalue weighted by molar-refractivity contribution is 0.411. The summed E-state index contributed by atoms with van der Waals surface area (Å²) in [5.74, 6) is 0.472. The highest BCUT2D eigenvalue weighted by Gasteiger charge is 2.32. The average Bonchev–Trinajstić information content (AvgIpc) is 3.33. The van der Waals surface area contributed by atoms with Crippen molar-refractivity contribution in [2.24, 2.45) is 0 Å². The van der Waals surface area contributed by atoms with Crippen molar-refractivity contribution >= 4 is 50.8 Å². The molecule has 0 bridgehead atoms. The number of aromatic hydroxyl groups is 1. The van der Waals surface area contributed by atoms with E-state index in [1.165, 1.54) is 11.3 Å². The number of halogens is 1. The van der Waals surface area contributed by atoms with E-state index in [2.05, 4.69) is 4.98 Å². The summed E-state index contributed by atoms with van der Waals surface area (Å²) in [6.07, 6.45) is 0. The Morgan fingerprint density at radius 3 is 2.50 bits per heavy atom. The Balaban J connectivity index is 1.51. The average molecular weight is 434 g/mol. The number of phenols is 1. The van der Waals surface area contributed by atoms with Crippen LogP contribution in [0.4, 0.5) is 5.69 Å². The standard InChI is InChI=1S/C23H16ClN3O2S/c24-14-9-7-13(8-10-14)17-12-30-23(26-17)21-20(29)11-27(22(21)25)18-5-1-4-16-15(18)3-2-6-19(16)28/h1-10,12,25,28-29H,11H2. The van der Waals surface area contributed by atoms with Crippen molar-refractivity contribution < 1.29 is 10.2 Å². The summed E-state index contributed by atoms with van der Waals surface area (Å²) in [7, 11) is 0. The highest BCUT2D eigenvalue weighted by atomic mass is 35.5. The molecule has 3 N–H and O–H groups in total. The topological polar surface area (TPSA) is 80.4 Å². The van der Waals surface area contributed by atoms with E-state index in [0.717, 1.165) is 22.3 Å². The van der Waals surface area contributed by atoms with E-state index >= 15 is 0 Å². The summed E-state index contributed by atoms with van der Waals surface area (Å²) in [6, 6.07) is 18.3. The van der Waals surface area contributed by atoms with E-state index in [9.17, 15) is 10.2 Å². The molecule has 0 spiro atoms. The minimum absolute atomic E-state index is 0.106. The molecule has 3 aromatic carbocycles. The van der Waals surface area contributed by atoms with Crippen LogP contribution in [0.1, 0.15) is 5.01 Å². The predicted molar refractivity (Wildman–Crippen MR) is 123 cm³/mol. The molecule has 0 aliphatic carbocycles. The van der Waals surface area contributed by atoms with Gasteiger partial charge in [-0.3, -0.25) is 5.41 Å². The quantitative estimate of drug-likeness (QED) is 0.365. The molecule has 0 atom stereocenters. The molecule has 5 rings (SSSR count). The third-order valence-electron chi connectivity index (χ3n) is 5.13. The number of hydrogen-bond donors (Lipinski definition) is 3. The first-order valence-electron chi connectivity index (χ1n) is 9.24. The van der Waals surface area contributed by atoms with Crippen LogP contribution in [0.25, 0.3) is 27.6 Å². The molecule has 5 nitrogen and oxygen atoms in total. The maximum Gasteiger partial charge on any atom is 0.139 e. The molecule has 0 saturated heterocycles. The molecule has 30 heavy (non-hydrogen) atoms. The van der Waals surface area contributed by atoms with Crippen molar-refractivity contribution in [3.8, 4) is 17.0 Å². The molecule has 148 valence electrons. The number of nitrogens with zero attached hydrogens (tertiary/aromatic N) is 2. The second kappa shape index (κ2) is 7.16. The maximum atomic E-state index is 10.7. The number of rotatable bonds is 3. The third kappa shape index (κ3) is 3.01. The van der Waals surface area contributed by atoms with Crippen LogP contribution in [0.2, 0.25) is 5.02 Å². The molecule has 7 heteroatoms. The fraction of sp³-hybridized carbons (Fsp3) is 0.0435. The third-order valence-corrected chi connectivity index (χ3v) is 6.24. The molecule has 1 aromatic heterocycles. The fourth-order valence-corrected chi connectivity index (χ4v) is 4.69. The van der Waals surface area contributed by atoms with E-state index in [0.29, 0.717) is 21.0 Å². The molecular formula is C23H16ClN3O2S. The van der Waals surface area contributed by atoms with Gasteiger partial charge in [0.2, 0.25) is 0 Å². The zero-order chi connectivity index (χ0) is 20.8. The lowest BCUT2D eigenvalue weighted by Gasteiger charge is -2.21. The van der Waals surface area contributed by atoms with E-state index < -0.39 is 0 Å². The van der Waals surface area contributed by atoms with Gasteiger partial charge in [-0.2, -0.15) is 0 Å². The van der Waals surface area contributed by atoms with E-state index in [1.807, 2.05) is 53.9 Å². The number of hydrogen-bond acceptors (Lipinski definition) is 5. The van der Waals surface area contributed by atoms with Crippen LogP contribution in [-0.2, 0) is 0 Å². The number of aliphatic hydroxyl groups is 1. The Bertz CT molecular complexity index is 1330. The molecule has 1 aliphatic heterocycles. The highest BCUT2D eigenvalue weighted by molar-refractivity contribution is 7.11. The Kier molecular flexibility index (Phi) is 4.46. The second-order valence-electron chi connectivity index (χ2n) is 6.95. The summed E-state index contributed by atoms with van der Waals surface area (Å²) in [4.78, 5) is 6.38. The fourth-order valence-electron chi connectivity index (χ4n) is 3.66. The van der Waals surface area contributed by atoms with Gasteiger partial charge in [-0.05, 0) is 24.3 Å². The molecule has 0 amide bonds. The SMILES string of the molecule is N=C1C(c2nc(-c3ccc(Cl)cc3)cs2)=C(O)CN1c1cccc2c(O)cccc12. The van der Waals surface area contributed by atoms with Crippen LogP contribution in [0, 0.1) is 5.41 Å². The Hall–Kier alpha value is -3.35. The van der Waals surface area contributed by atoms with Crippen LogP contribution in [0.15, 0.2) is 71.8 Å². The zero-order valence-corrected chi connectivity index (χ0v) is 17.2. The number of fused-ring (bicyclic) bond motifs is 1. The van der Waals surface area contributed by atoms with Crippen molar-refractivity contribution in [1.82, 2.24) is 4.98 Å². The monoisotopic (exact) mass is 433 g/mol. The molecule has 2 heterocycles. The van der Waals surface area contributed by atoms with Gasteiger partial charge in [-0.1, -0.05) is 48.0 Å². The first kappa shape index (κ1) is 18.7. The summed E-state index contributed by atoms with van der Waals surface area (Å²) in [5, 5.41) is 34.3. The van der Waals surface area contributed by atoms with Crippen LogP contribution < -0.4 is 4.90 Å². The first-order chi connectivity index (χ1) is 14.5. The smallest absolute Gasteiger partial charge is 0.139 e. The minimum Gasteiger partial charge on any atom is -0.510 e. The van der Waals surface area contributed by atoms with Crippen LogP contribution in [-0.4, -0.2) is 27.6 Å². The van der Waals surface area contributed by atoms with Crippen molar-refractivity contribution in [1.29, 1.82) is 5.41 Å². The van der Waals surface area contributed by atoms with Gasteiger partial charge in [0, 0.05) is 26.7 Å². The lowest BCUT2D eigenvalue weighted by Crippen LogP contribution is -2.26. The van der Waals surface area contributed by atoms with Gasteiger partial charge >= 0.3 is 0 Å². The number of phenolic OH excluding ortho intramolecular Hbond substituents is 1. The van der Waals surface area contributed by atoms with Crippen LogP contribution in [0.3, 0.4) is 0 Å². The predicted octanol–water partition coefficient (Wildman–Crippen LogP) is 6.09. The van der Waals surface area contributed by atoms with Crippen LogP contribution >= 0.6 is 22.9 Å². The molecule has 0 unspecified atom stereocenters. The number of aromatic nitrogens is 1. The van der Waals surface area contributed by atoms with Gasteiger partial charge in [-0.15, -0.1) is 11.3 Å². The molecule has 1 aliphatic rings. The molecular weight excluding hydrogens is 418 g/mol. The normalized spacial score (nSPS) is 14.2. The molecule has 0 saturated carbocycles. The summed E-state index contributed by atoms with van der Waals surface area (Å²) >= 11 is 7.35. The molecule has 4 aromatic rings. The summed E-state index contributed by atoms with van der Waals surface area (Å²) < 4.78 is 0. The number of benzene rings is 3. The summed E-state index contributed by atoms with van der Waals surface area (Å²) in [5.41, 5.74) is 2.88. The largest absolute Gasteiger partial charge is 0.510 e. The van der Waals surface area contributed by atoms with Gasteiger partial charge in [0.25, 0.3) is 0 Å². The van der Waals surface area contributed by atoms with Crippen molar-refractivity contribution in [3.63, 3.8) is 0 Å². The maximum absolute atomic E-state index is 10.7. The van der Waals surface area contributed by atoms with Gasteiger partial charge < -0.3 is 15.1 Å². The van der Waals surface area contributed by atoms with Crippen molar-refractivity contribution in [2.75, 3.05) is 11.4 Å². The van der Waals surface area contributed by atoms with Crippen molar-refractivity contribution in [3.05, 3.63) is 81.8 Å². The minimum atomic E-state index is 0.106. The molecule has 0 fully saturated rings. The van der Waals surface area contributed by atoms with Crippen molar-refractivity contribution in [2.45, 2.75) is 0 Å². The number of nitrogens with one attached hydrogen (secondary N) is 1. The van der Waals surface area contributed by atoms with E-state index in [4.69, 9.17) is 17.0 Å². The zero-order valence-electron chi connectivity index (χ0n) is 15.6. The lowest BCUT2D eigenvalue weighted by atomic mass is 10.1. The number of aliphatic hydroxyl groups excluding tert-OH is 1. The molecule has 0 radical (unpaired) electrons. The number of amidine groups is 1. The highest BCUT2D eigenvalue weighted by Crippen LogP contribution is 2.38. The van der Waals surface area contributed by atoms with Gasteiger partial charge in [0.1, 0.15) is 22.4 Å². The number of thiazole rings is 1. The van der Waals surface area contributed by atoms with E-state index in [1.54, 1.807) is 17.0 Å². The Morgan fingerprint density at radius 2 is 1.70 bits per heavy atom. The Labute approximate surface area is 181 Å². The van der Waals surface area contributed by atoms with Gasteiger partial charge in [-0.25, -0.2) is 4.98 Å². The van der Waals surface area contributed by atoms with E-state index in [-0.39, 0.29) is 23.9 Å². The second-order valence-corrected chi connectivity index (χ2v) is 8.25. The number of anilines is 1. The van der Waals surface area contributed by atoms with Crippen LogP contribution in [0.5, 0.6) is 5.75 Å². The summed E-state index contributed by atoms with van der Waals surface area (Å²) in [6.45, 7) is 0.179.